The van der Waals surface area contributed by atoms with Gasteiger partial charge < -0.3 is 5.32 Å². The van der Waals surface area contributed by atoms with Gasteiger partial charge in [-0.15, -0.1) is 0 Å². The van der Waals surface area contributed by atoms with Crippen LogP contribution in [0.1, 0.15) is 0 Å². The third kappa shape index (κ3) is 5.39. The van der Waals surface area contributed by atoms with Crippen molar-refractivity contribution in [2.24, 2.45) is 0 Å². The summed E-state index contributed by atoms with van der Waals surface area (Å²) in [6, 6.07) is 5.70. The Hall–Kier alpha value is -1.78. The normalized spacial score (nSPS) is 12.0. The predicted molar refractivity (Wildman–Crippen MR) is 85.2 cm³/mol. The summed E-state index contributed by atoms with van der Waals surface area (Å²) in [7, 11) is -4.63. The quantitative estimate of drug-likeness (QED) is 0.745. The first-order valence-electron chi connectivity index (χ1n) is 6.17. The van der Waals surface area contributed by atoms with Gasteiger partial charge in [0, 0.05) is 0 Å². The average molecular weight is 401 g/mol. The second kappa shape index (κ2) is 6.99. The molecule has 6 nitrogen and oxygen atoms in total. The Kier molecular flexibility index (Phi) is 5.41. The molecule has 0 saturated heterocycles. The van der Waals surface area contributed by atoms with Gasteiger partial charge in [0.05, 0.1) is 17.6 Å². The minimum atomic E-state index is -4.86. The van der Waals surface area contributed by atoms with Crippen LogP contribution in [0.3, 0.4) is 0 Å². The van der Waals surface area contributed by atoms with E-state index in [1.807, 2.05) is 4.72 Å². The summed E-state index contributed by atoms with van der Waals surface area (Å²) in [5.41, 5.74) is 0.0347. The standard InChI is InChI=1S/C12H9Cl2F3N4O2S/c13-7-5-18-11(14)20-10(7)19-8-3-1-2-4-9(8)21-24(22,23)6-12(15,16)17/h1-5,21H,6H2,(H,18,19,20). The molecule has 0 bridgehead atoms. The van der Waals surface area contributed by atoms with Crippen molar-refractivity contribution in [1.29, 1.82) is 0 Å². The lowest BCUT2D eigenvalue weighted by molar-refractivity contribution is -0.106. The Morgan fingerprint density at radius 2 is 1.75 bits per heavy atom. The van der Waals surface area contributed by atoms with Gasteiger partial charge >= 0.3 is 6.18 Å². The minimum absolute atomic E-state index is 0.0686. The summed E-state index contributed by atoms with van der Waals surface area (Å²) in [4.78, 5) is 7.47. The number of sulfonamides is 1. The van der Waals surface area contributed by atoms with Crippen LogP contribution in [0.5, 0.6) is 0 Å². The van der Waals surface area contributed by atoms with Crippen molar-refractivity contribution in [3.63, 3.8) is 0 Å². The van der Waals surface area contributed by atoms with Crippen LogP contribution in [0, 0.1) is 0 Å². The van der Waals surface area contributed by atoms with E-state index in [2.05, 4.69) is 15.3 Å². The van der Waals surface area contributed by atoms with E-state index in [9.17, 15) is 21.6 Å². The molecule has 0 saturated carbocycles. The fourth-order valence-electron chi connectivity index (χ4n) is 1.66. The summed E-state index contributed by atoms with van der Waals surface area (Å²) >= 11 is 11.5. The third-order valence-corrected chi connectivity index (χ3v) is 4.21. The van der Waals surface area contributed by atoms with E-state index in [4.69, 9.17) is 23.2 Å². The molecule has 24 heavy (non-hydrogen) atoms. The number of hydrogen-bond acceptors (Lipinski definition) is 5. The lowest BCUT2D eigenvalue weighted by atomic mass is 10.2. The maximum Gasteiger partial charge on any atom is 0.404 e. The highest BCUT2D eigenvalue weighted by atomic mass is 35.5. The zero-order valence-electron chi connectivity index (χ0n) is 11.6. The van der Waals surface area contributed by atoms with Gasteiger partial charge in [-0.25, -0.2) is 13.4 Å². The topological polar surface area (TPSA) is 84.0 Å². The molecular formula is C12H9Cl2F3N4O2S. The van der Waals surface area contributed by atoms with Crippen molar-refractivity contribution in [2.45, 2.75) is 6.18 Å². The number of anilines is 3. The summed E-state index contributed by atoms with van der Waals surface area (Å²) in [6.45, 7) is 0. The smallest absolute Gasteiger partial charge is 0.337 e. The van der Waals surface area contributed by atoms with Crippen molar-refractivity contribution < 1.29 is 21.6 Å². The van der Waals surface area contributed by atoms with Gasteiger partial charge in [0.1, 0.15) is 5.02 Å². The molecule has 0 fully saturated rings. The lowest BCUT2D eigenvalue weighted by Gasteiger charge is -2.15. The molecule has 2 rings (SSSR count). The Balaban J connectivity index is 2.29. The van der Waals surface area contributed by atoms with Crippen LogP contribution in [-0.4, -0.2) is 30.3 Å². The highest BCUT2D eigenvalue weighted by molar-refractivity contribution is 7.92. The Bertz CT molecular complexity index is 846. The molecule has 1 heterocycles. The van der Waals surface area contributed by atoms with Crippen molar-refractivity contribution in [2.75, 3.05) is 15.8 Å². The fourth-order valence-corrected chi connectivity index (χ4v) is 2.95. The van der Waals surface area contributed by atoms with Crippen LogP contribution in [0.15, 0.2) is 30.5 Å². The van der Waals surface area contributed by atoms with E-state index in [1.54, 1.807) is 6.07 Å². The Morgan fingerprint density at radius 1 is 1.12 bits per heavy atom. The van der Waals surface area contributed by atoms with Gasteiger partial charge in [-0.3, -0.25) is 4.72 Å². The zero-order valence-corrected chi connectivity index (χ0v) is 13.9. The van der Waals surface area contributed by atoms with E-state index < -0.39 is 22.0 Å². The number of para-hydroxylation sites is 2. The minimum Gasteiger partial charge on any atom is -0.337 e. The van der Waals surface area contributed by atoms with Gasteiger partial charge in [-0.1, -0.05) is 23.7 Å². The third-order valence-electron chi connectivity index (χ3n) is 2.51. The van der Waals surface area contributed by atoms with Crippen molar-refractivity contribution in [1.82, 2.24) is 9.97 Å². The molecule has 0 aliphatic heterocycles. The van der Waals surface area contributed by atoms with Crippen LogP contribution in [-0.2, 0) is 10.0 Å². The molecule has 2 aromatic rings. The van der Waals surface area contributed by atoms with Crippen molar-refractivity contribution in [3.8, 4) is 0 Å². The SMILES string of the molecule is O=S(=O)(CC(F)(F)F)Nc1ccccc1Nc1nc(Cl)ncc1Cl. The summed E-state index contributed by atoms with van der Waals surface area (Å²) < 4.78 is 62.0. The lowest BCUT2D eigenvalue weighted by Crippen LogP contribution is -2.28. The molecule has 0 aliphatic rings. The van der Waals surface area contributed by atoms with E-state index >= 15 is 0 Å². The molecule has 1 aromatic carbocycles. The number of halogens is 5. The van der Waals surface area contributed by atoms with Crippen LogP contribution in [0.25, 0.3) is 0 Å². The number of rotatable bonds is 5. The van der Waals surface area contributed by atoms with Crippen LogP contribution < -0.4 is 10.0 Å². The van der Waals surface area contributed by atoms with E-state index in [1.165, 1.54) is 24.4 Å². The number of benzene rings is 1. The molecule has 12 heteroatoms. The average Bonchev–Trinajstić information content (AvgIpc) is 2.42. The second-order valence-electron chi connectivity index (χ2n) is 4.48. The highest BCUT2D eigenvalue weighted by Gasteiger charge is 2.35. The molecule has 0 aliphatic carbocycles. The maximum absolute atomic E-state index is 12.3. The molecule has 2 N–H and O–H groups in total. The van der Waals surface area contributed by atoms with E-state index in [0.29, 0.717) is 0 Å². The number of nitrogens with zero attached hydrogens (tertiary/aromatic N) is 2. The number of hydrogen-bond donors (Lipinski definition) is 2. The largest absolute Gasteiger partial charge is 0.404 e. The second-order valence-corrected chi connectivity index (χ2v) is 6.95. The summed E-state index contributed by atoms with van der Waals surface area (Å²) in [5.74, 6) is -1.94. The molecule has 0 radical (unpaired) electrons. The van der Waals surface area contributed by atoms with Gasteiger partial charge in [-0.2, -0.15) is 18.2 Å². The first-order valence-corrected chi connectivity index (χ1v) is 8.58. The first kappa shape index (κ1) is 18.6. The Labute approximate surface area is 145 Å². The highest BCUT2D eigenvalue weighted by Crippen LogP contribution is 2.30. The van der Waals surface area contributed by atoms with Crippen molar-refractivity contribution in [3.05, 3.63) is 40.8 Å². The molecule has 0 spiro atoms. The number of alkyl halides is 3. The van der Waals surface area contributed by atoms with Gasteiger partial charge in [0.2, 0.25) is 15.3 Å². The van der Waals surface area contributed by atoms with Crippen molar-refractivity contribution >= 4 is 50.4 Å². The van der Waals surface area contributed by atoms with Gasteiger partial charge in [0.25, 0.3) is 0 Å². The monoisotopic (exact) mass is 400 g/mol. The Morgan fingerprint density at radius 3 is 2.38 bits per heavy atom. The zero-order chi connectivity index (χ0) is 18.0. The van der Waals surface area contributed by atoms with E-state index in [0.717, 1.165) is 0 Å². The van der Waals surface area contributed by atoms with E-state index in [-0.39, 0.29) is 27.5 Å². The molecule has 0 unspecified atom stereocenters. The van der Waals surface area contributed by atoms with Gasteiger partial charge in [-0.05, 0) is 23.7 Å². The van der Waals surface area contributed by atoms with Crippen LogP contribution >= 0.6 is 23.2 Å². The molecule has 0 atom stereocenters. The number of aromatic nitrogens is 2. The summed E-state index contributed by atoms with van der Waals surface area (Å²) in [5, 5.41) is 2.67. The summed E-state index contributed by atoms with van der Waals surface area (Å²) in [6.07, 6.45) is -3.65. The predicted octanol–water partition coefficient (Wildman–Crippen LogP) is 3.83. The molecule has 1 aromatic heterocycles. The molecule has 130 valence electrons. The van der Waals surface area contributed by atoms with Crippen LogP contribution in [0.2, 0.25) is 10.3 Å². The molecular weight excluding hydrogens is 392 g/mol. The first-order chi connectivity index (χ1) is 11.1. The maximum atomic E-state index is 12.3. The van der Waals surface area contributed by atoms with Gasteiger partial charge in [0.15, 0.2) is 11.6 Å². The fraction of sp³-hybridized carbons (Fsp3) is 0.167. The van der Waals surface area contributed by atoms with Crippen LogP contribution in [0.4, 0.5) is 30.4 Å². The number of nitrogens with one attached hydrogen (secondary N) is 2. The molecule has 0 amide bonds.